The van der Waals surface area contributed by atoms with Gasteiger partial charge in [-0.25, -0.2) is 4.39 Å². The summed E-state index contributed by atoms with van der Waals surface area (Å²) in [6, 6.07) is 11.9. The Bertz CT molecular complexity index is 831. The first-order valence-corrected chi connectivity index (χ1v) is 12.3. The van der Waals surface area contributed by atoms with Crippen LogP contribution in [0, 0.1) is 11.7 Å². The molecule has 2 aliphatic heterocycles. The summed E-state index contributed by atoms with van der Waals surface area (Å²) in [4.78, 5) is 9.29. The van der Waals surface area contributed by atoms with E-state index >= 15 is 0 Å². The van der Waals surface area contributed by atoms with E-state index in [-0.39, 0.29) is 29.8 Å². The molecule has 2 aliphatic rings. The van der Waals surface area contributed by atoms with Gasteiger partial charge in [0.15, 0.2) is 5.96 Å². The number of thiophene rings is 1. The molecule has 0 bridgehead atoms. The summed E-state index contributed by atoms with van der Waals surface area (Å²) >= 11 is 1.82. The third-order valence-electron chi connectivity index (χ3n) is 6.49. The molecule has 0 radical (unpaired) electrons. The van der Waals surface area contributed by atoms with Gasteiger partial charge in [-0.05, 0) is 68.3 Å². The van der Waals surface area contributed by atoms with Gasteiger partial charge in [0.2, 0.25) is 0 Å². The molecule has 5 nitrogen and oxygen atoms in total. The van der Waals surface area contributed by atoms with Gasteiger partial charge in [-0.15, -0.1) is 35.3 Å². The predicted molar refractivity (Wildman–Crippen MR) is 144 cm³/mol. The summed E-state index contributed by atoms with van der Waals surface area (Å²) < 4.78 is 13.9. The maximum absolute atomic E-state index is 13.9. The SMILES string of the molecule is CN=C(NCC1CCN(Cc2ccccc2F)CC1)NC1CCN(c2cccs2)CC1.I. The number of nitrogens with zero attached hydrogens (tertiary/aromatic N) is 3. The van der Waals surface area contributed by atoms with Crippen molar-refractivity contribution < 1.29 is 4.39 Å². The highest BCUT2D eigenvalue weighted by atomic mass is 127. The summed E-state index contributed by atoms with van der Waals surface area (Å²) in [5.74, 6) is 1.46. The lowest BCUT2D eigenvalue weighted by Gasteiger charge is -2.34. The Balaban J connectivity index is 0.00000289. The number of hydrogen-bond donors (Lipinski definition) is 2. The van der Waals surface area contributed by atoms with E-state index in [0.29, 0.717) is 18.5 Å². The average Bonchev–Trinajstić information content (AvgIpc) is 3.34. The van der Waals surface area contributed by atoms with Crippen molar-refractivity contribution in [2.45, 2.75) is 38.3 Å². The monoisotopic (exact) mass is 571 g/mol. The molecule has 32 heavy (non-hydrogen) atoms. The van der Waals surface area contributed by atoms with E-state index in [0.717, 1.165) is 69.9 Å². The van der Waals surface area contributed by atoms with Crippen LogP contribution in [0.5, 0.6) is 0 Å². The van der Waals surface area contributed by atoms with Gasteiger partial charge in [0.25, 0.3) is 0 Å². The second-order valence-corrected chi connectivity index (χ2v) is 9.55. The molecule has 4 rings (SSSR count). The Labute approximate surface area is 212 Å². The van der Waals surface area contributed by atoms with Gasteiger partial charge in [0, 0.05) is 44.8 Å². The van der Waals surface area contributed by atoms with Crippen LogP contribution in [0.4, 0.5) is 9.39 Å². The van der Waals surface area contributed by atoms with Crippen LogP contribution in [0.25, 0.3) is 0 Å². The Morgan fingerprint density at radius 1 is 1.06 bits per heavy atom. The van der Waals surface area contributed by atoms with Crippen molar-refractivity contribution in [3.05, 3.63) is 53.2 Å². The van der Waals surface area contributed by atoms with E-state index in [1.807, 2.05) is 30.5 Å². The first kappa shape index (κ1) is 25.2. The van der Waals surface area contributed by atoms with E-state index in [9.17, 15) is 4.39 Å². The number of hydrogen-bond acceptors (Lipinski definition) is 4. The van der Waals surface area contributed by atoms with E-state index in [2.05, 4.69) is 42.9 Å². The molecule has 2 aromatic rings. The molecule has 0 saturated carbocycles. The molecular formula is C24H35FIN5S. The number of likely N-dealkylation sites (tertiary alicyclic amines) is 1. The maximum Gasteiger partial charge on any atom is 0.191 e. The molecule has 2 fully saturated rings. The number of aliphatic imine (C=N–C) groups is 1. The second kappa shape index (κ2) is 12.7. The molecule has 3 heterocycles. The number of guanidine groups is 1. The fourth-order valence-corrected chi connectivity index (χ4v) is 5.32. The molecule has 0 spiro atoms. The first-order valence-electron chi connectivity index (χ1n) is 11.4. The topological polar surface area (TPSA) is 42.9 Å². The van der Waals surface area contributed by atoms with Crippen LogP contribution in [0.15, 0.2) is 46.8 Å². The third-order valence-corrected chi connectivity index (χ3v) is 7.42. The largest absolute Gasteiger partial charge is 0.363 e. The molecule has 0 aliphatic carbocycles. The van der Waals surface area contributed by atoms with Gasteiger partial charge in [-0.3, -0.25) is 9.89 Å². The number of benzene rings is 1. The van der Waals surface area contributed by atoms with Gasteiger partial charge in [0.05, 0.1) is 5.00 Å². The summed E-state index contributed by atoms with van der Waals surface area (Å²) in [5.41, 5.74) is 0.800. The van der Waals surface area contributed by atoms with Crippen molar-refractivity contribution in [1.29, 1.82) is 0 Å². The lowest BCUT2D eigenvalue weighted by Crippen LogP contribution is -2.49. The number of rotatable bonds is 6. The van der Waals surface area contributed by atoms with E-state index in [1.54, 1.807) is 12.1 Å². The van der Waals surface area contributed by atoms with Crippen LogP contribution < -0.4 is 15.5 Å². The van der Waals surface area contributed by atoms with Gasteiger partial charge in [-0.1, -0.05) is 18.2 Å². The van der Waals surface area contributed by atoms with Gasteiger partial charge < -0.3 is 15.5 Å². The van der Waals surface area contributed by atoms with Gasteiger partial charge >= 0.3 is 0 Å². The lowest BCUT2D eigenvalue weighted by molar-refractivity contribution is 0.176. The summed E-state index contributed by atoms with van der Waals surface area (Å²) in [6.45, 7) is 5.88. The quantitative estimate of drug-likeness (QED) is 0.304. The summed E-state index contributed by atoms with van der Waals surface area (Å²) in [6.07, 6.45) is 4.54. The normalized spacial score (nSPS) is 18.9. The zero-order chi connectivity index (χ0) is 21.5. The van der Waals surface area contributed by atoms with Gasteiger partial charge in [0.1, 0.15) is 5.82 Å². The van der Waals surface area contributed by atoms with Crippen LogP contribution in [0.2, 0.25) is 0 Å². The molecule has 176 valence electrons. The highest BCUT2D eigenvalue weighted by molar-refractivity contribution is 14.0. The molecule has 0 amide bonds. The number of halogens is 2. The van der Waals surface area contributed by atoms with Crippen molar-refractivity contribution in [3.8, 4) is 0 Å². The predicted octanol–water partition coefficient (Wildman–Crippen LogP) is 4.55. The van der Waals surface area contributed by atoms with Crippen molar-refractivity contribution in [3.63, 3.8) is 0 Å². The Hall–Kier alpha value is -1.39. The second-order valence-electron chi connectivity index (χ2n) is 8.62. The Morgan fingerprint density at radius 2 is 1.81 bits per heavy atom. The van der Waals surface area contributed by atoms with Crippen molar-refractivity contribution in [1.82, 2.24) is 15.5 Å². The fraction of sp³-hybridized carbons (Fsp3) is 0.542. The molecule has 1 aromatic carbocycles. The van der Waals surface area contributed by atoms with Crippen LogP contribution in [0.1, 0.15) is 31.2 Å². The molecular weight excluding hydrogens is 536 g/mol. The maximum atomic E-state index is 13.9. The van der Waals surface area contributed by atoms with Crippen molar-refractivity contribution in [2.75, 3.05) is 44.7 Å². The lowest BCUT2D eigenvalue weighted by atomic mass is 9.96. The highest BCUT2D eigenvalue weighted by Crippen LogP contribution is 2.25. The average molecular weight is 572 g/mol. The van der Waals surface area contributed by atoms with Crippen LogP contribution in [0.3, 0.4) is 0 Å². The van der Waals surface area contributed by atoms with Gasteiger partial charge in [-0.2, -0.15) is 0 Å². The standard InChI is InChI=1S/C24H34FN5S.HI/c1-26-24(28-21-10-14-30(15-11-21)23-7-4-16-31-23)27-17-19-8-12-29(13-9-19)18-20-5-2-3-6-22(20)25;/h2-7,16,19,21H,8-15,17-18H2,1H3,(H2,26,27,28);1H. The third kappa shape index (κ3) is 7.05. The highest BCUT2D eigenvalue weighted by Gasteiger charge is 2.22. The summed E-state index contributed by atoms with van der Waals surface area (Å²) in [7, 11) is 1.85. The number of anilines is 1. The van der Waals surface area contributed by atoms with Crippen LogP contribution in [-0.2, 0) is 6.54 Å². The smallest absolute Gasteiger partial charge is 0.191 e. The van der Waals surface area contributed by atoms with Crippen molar-refractivity contribution in [2.24, 2.45) is 10.9 Å². The van der Waals surface area contributed by atoms with Crippen LogP contribution >= 0.6 is 35.3 Å². The minimum Gasteiger partial charge on any atom is -0.363 e. The molecule has 1 aromatic heterocycles. The number of nitrogens with one attached hydrogen (secondary N) is 2. The Morgan fingerprint density at radius 3 is 2.47 bits per heavy atom. The zero-order valence-corrected chi connectivity index (χ0v) is 22.0. The minimum atomic E-state index is -0.0950. The first-order chi connectivity index (χ1) is 15.2. The molecule has 2 saturated heterocycles. The van der Waals surface area contributed by atoms with Crippen LogP contribution in [-0.4, -0.2) is 56.7 Å². The summed E-state index contributed by atoms with van der Waals surface area (Å²) in [5, 5.41) is 10.7. The minimum absolute atomic E-state index is 0. The molecule has 8 heteroatoms. The molecule has 0 atom stereocenters. The van der Waals surface area contributed by atoms with E-state index < -0.39 is 0 Å². The Kier molecular flexibility index (Phi) is 10.1. The van der Waals surface area contributed by atoms with Crippen molar-refractivity contribution >= 4 is 46.3 Å². The zero-order valence-electron chi connectivity index (χ0n) is 18.8. The molecule has 0 unspecified atom stereocenters. The molecule has 2 N–H and O–H groups in total. The number of piperidine rings is 2. The fourth-order valence-electron chi connectivity index (χ4n) is 4.54. The van der Waals surface area contributed by atoms with E-state index in [4.69, 9.17) is 0 Å². The van der Waals surface area contributed by atoms with E-state index in [1.165, 1.54) is 5.00 Å².